The van der Waals surface area contributed by atoms with Gasteiger partial charge in [-0.2, -0.15) is 9.37 Å². The summed E-state index contributed by atoms with van der Waals surface area (Å²) in [6.07, 6.45) is 1.46. The molecule has 0 spiro atoms. The van der Waals surface area contributed by atoms with E-state index in [2.05, 4.69) is 4.98 Å². The third-order valence-electron chi connectivity index (χ3n) is 3.74. The highest BCUT2D eigenvalue weighted by molar-refractivity contribution is 5.64. The maximum absolute atomic E-state index is 13.8. The van der Waals surface area contributed by atoms with Gasteiger partial charge in [0.15, 0.2) is 0 Å². The van der Waals surface area contributed by atoms with Gasteiger partial charge in [-0.1, -0.05) is 42.5 Å². The molecule has 1 heterocycles. The van der Waals surface area contributed by atoms with Gasteiger partial charge in [0.25, 0.3) is 0 Å². The van der Waals surface area contributed by atoms with Crippen molar-refractivity contribution < 1.29 is 4.39 Å². The number of para-hydroxylation sites is 1. The normalized spacial score (nSPS) is 10.9. The van der Waals surface area contributed by atoms with E-state index in [0.717, 1.165) is 27.9 Å². The Morgan fingerprint density at radius 2 is 1.48 bits per heavy atom. The average Bonchev–Trinajstić information content (AvgIpc) is 2.81. The Kier molecular flexibility index (Phi) is 3.34. The van der Waals surface area contributed by atoms with Gasteiger partial charge in [0.1, 0.15) is 5.82 Å². The van der Waals surface area contributed by atoms with Gasteiger partial charge in [-0.25, -0.2) is 0 Å². The second-order valence-electron chi connectivity index (χ2n) is 5.31. The first-order chi connectivity index (χ1) is 10.1. The zero-order valence-electron chi connectivity index (χ0n) is 12.4. The second-order valence-corrected chi connectivity index (χ2v) is 5.31. The van der Waals surface area contributed by atoms with Crippen LogP contribution in [0.1, 0.15) is 16.7 Å². The summed E-state index contributed by atoms with van der Waals surface area (Å²) in [7, 11) is 0. The van der Waals surface area contributed by atoms with Crippen LogP contribution in [-0.4, -0.2) is 9.55 Å². The minimum absolute atomic E-state index is 0.462. The highest BCUT2D eigenvalue weighted by Crippen LogP contribution is 2.28. The molecule has 0 aliphatic rings. The third-order valence-corrected chi connectivity index (χ3v) is 3.74. The number of halogens is 1. The highest BCUT2D eigenvalue weighted by atomic mass is 19.1. The lowest BCUT2D eigenvalue weighted by molar-refractivity contribution is 0.590. The number of hydrogen-bond acceptors (Lipinski definition) is 1. The van der Waals surface area contributed by atoms with Gasteiger partial charge in [-0.15, -0.1) is 0 Å². The van der Waals surface area contributed by atoms with Crippen LogP contribution in [0.15, 0.2) is 48.7 Å². The number of benzene rings is 2. The van der Waals surface area contributed by atoms with Gasteiger partial charge in [-0.05, 0) is 37.5 Å². The molecule has 0 fully saturated rings. The summed E-state index contributed by atoms with van der Waals surface area (Å²) in [5.74, 6) is 0.180. The number of hydrogen-bond donors (Lipinski definition) is 0. The summed E-state index contributed by atoms with van der Waals surface area (Å²) in [6.45, 7) is 6.07. The lowest BCUT2D eigenvalue weighted by Crippen LogP contribution is -2.02. The number of nitrogens with zero attached hydrogens (tertiary/aromatic N) is 2. The molecule has 106 valence electrons. The monoisotopic (exact) mass is 280 g/mol. The molecular weight excluding hydrogens is 263 g/mol. The summed E-state index contributed by atoms with van der Waals surface area (Å²) in [5, 5.41) is 0. The molecule has 0 aliphatic carbocycles. The van der Waals surface area contributed by atoms with Gasteiger partial charge < -0.3 is 0 Å². The fraction of sp³-hybridized carbons (Fsp3) is 0.167. The number of aromatic nitrogens is 2. The molecule has 0 unspecified atom stereocenters. The van der Waals surface area contributed by atoms with Gasteiger partial charge in [0, 0.05) is 5.56 Å². The Labute approximate surface area is 123 Å². The Balaban J connectivity index is 2.29. The first kappa shape index (κ1) is 13.6. The number of rotatable bonds is 2. The van der Waals surface area contributed by atoms with E-state index in [1.165, 1.54) is 6.20 Å². The first-order valence-electron chi connectivity index (χ1n) is 6.95. The Morgan fingerprint density at radius 1 is 0.857 bits per heavy atom. The maximum Gasteiger partial charge on any atom is 0.231 e. The van der Waals surface area contributed by atoms with Crippen LogP contribution in [0.5, 0.6) is 0 Å². The molecule has 0 bridgehead atoms. The van der Waals surface area contributed by atoms with Crippen molar-refractivity contribution in [3.8, 4) is 17.1 Å². The zero-order chi connectivity index (χ0) is 15.0. The van der Waals surface area contributed by atoms with Crippen LogP contribution in [0, 0.1) is 26.7 Å². The predicted octanol–water partition coefficient (Wildman–Crippen LogP) is 4.60. The van der Waals surface area contributed by atoms with Crippen molar-refractivity contribution in [2.75, 3.05) is 0 Å². The van der Waals surface area contributed by atoms with E-state index in [4.69, 9.17) is 0 Å². The van der Waals surface area contributed by atoms with E-state index in [1.807, 2.05) is 67.8 Å². The lowest BCUT2D eigenvalue weighted by atomic mass is 10.1. The van der Waals surface area contributed by atoms with Crippen LogP contribution in [0.3, 0.4) is 0 Å². The molecule has 0 N–H and O–H groups in total. The second kappa shape index (κ2) is 5.17. The van der Waals surface area contributed by atoms with Gasteiger partial charge >= 0.3 is 0 Å². The molecule has 0 atom stereocenters. The fourth-order valence-corrected chi connectivity index (χ4v) is 2.72. The molecular formula is C18H17FN2. The zero-order valence-corrected chi connectivity index (χ0v) is 12.4. The molecule has 0 saturated heterocycles. The van der Waals surface area contributed by atoms with Crippen molar-refractivity contribution in [3.05, 3.63) is 71.3 Å². The van der Waals surface area contributed by atoms with Crippen LogP contribution in [0.2, 0.25) is 0 Å². The SMILES string of the molecule is Cc1ccccc1-c1nc(F)cn1-c1c(C)cccc1C. The maximum atomic E-state index is 13.8. The summed E-state index contributed by atoms with van der Waals surface area (Å²) < 4.78 is 15.7. The summed E-state index contributed by atoms with van der Waals surface area (Å²) >= 11 is 0. The first-order valence-corrected chi connectivity index (χ1v) is 6.95. The topological polar surface area (TPSA) is 17.8 Å². The van der Waals surface area contributed by atoms with Crippen molar-refractivity contribution in [1.29, 1.82) is 0 Å². The van der Waals surface area contributed by atoms with Crippen LogP contribution < -0.4 is 0 Å². The largest absolute Gasteiger partial charge is 0.296 e. The van der Waals surface area contributed by atoms with Gasteiger partial charge in [0.2, 0.25) is 5.95 Å². The van der Waals surface area contributed by atoms with Crippen molar-refractivity contribution in [3.63, 3.8) is 0 Å². The predicted molar refractivity (Wildman–Crippen MR) is 83.2 cm³/mol. The molecule has 2 aromatic carbocycles. The van der Waals surface area contributed by atoms with E-state index < -0.39 is 5.95 Å². The highest BCUT2D eigenvalue weighted by Gasteiger charge is 2.15. The molecule has 21 heavy (non-hydrogen) atoms. The third kappa shape index (κ3) is 2.35. The summed E-state index contributed by atoms with van der Waals surface area (Å²) in [4.78, 5) is 4.10. The fourth-order valence-electron chi connectivity index (χ4n) is 2.72. The average molecular weight is 280 g/mol. The van der Waals surface area contributed by atoms with E-state index in [-0.39, 0.29) is 0 Å². The standard InChI is InChI=1S/C18H17FN2/c1-12-7-4-5-10-15(12)18-20-16(19)11-21(18)17-13(2)8-6-9-14(17)3/h4-11H,1-3H3. The van der Waals surface area contributed by atoms with Gasteiger partial charge in [0.05, 0.1) is 11.9 Å². The lowest BCUT2D eigenvalue weighted by Gasteiger charge is -2.14. The Hall–Kier alpha value is -2.42. The van der Waals surface area contributed by atoms with E-state index >= 15 is 0 Å². The van der Waals surface area contributed by atoms with E-state index in [0.29, 0.717) is 5.82 Å². The van der Waals surface area contributed by atoms with Crippen molar-refractivity contribution in [1.82, 2.24) is 9.55 Å². The minimum atomic E-state index is -0.462. The van der Waals surface area contributed by atoms with E-state index in [9.17, 15) is 4.39 Å². The molecule has 1 aromatic heterocycles. The molecule has 0 amide bonds. The molecule has 3 aromatic rings. The van der Waals surface area contributed by atoms with Crippen LogP contribution in [0.25, 0.3) is 17.1 Å². The molecule has 0 aliphatic heterocycles. The summed E-state index contributed by atoms with van der Waals surface area (Å²) in [6, 6.07) is 14.0. The molecule has 3 heteroatoms. The summed E-state index contributed by atoms with van der Waals surface area (Å²) in [5.41, 5.74) is 5.22. The molecule has 2 nitrogen and oxygen atoms in total. The van der Waals surface area contributed by atoms with Crippen molar-refractivity contribution in [2.24, 2.45) is 0 Å². The molecule has 0 radical (unpaired) electrons. The minimum Gasteiger partial charge on any atom is -0.296 e. The van der Waals surface area contributed by atoms with Crippen molar-refractivity contribution >= 4 is 0 Å². The van der Waals surface area contributed by atoms with Crippen LogP contribution in [-0.2, 0) is 0 Å². The molecule has 0 saturated carbocycles. The number of aryl methyl sites for hydroxylation is 3. The van der Waals surface area contributed by atoms with Gasteiger partial charge in [-0.3, -0.25) is 4.57 Å². The van der Waals surface area contributed by atoms with Crippen LogP contribution >= 0.6 is 0 Å². The smallest absolute Gasteiger partial charge is 0.231 e. The Bertz CT molecular complexity index is 782. The quantitative estimate of drug-likeness (QED) is 0.670. The van der Waals surface area contributed by atoms with E-state index in [1.54, 1.807) is 0 Å². The van der Waals surface area contributed by atoms with Crippen LogP contribution in [0.4, 0.5) is 4.39 Å². The number of imidazole rings is 1. The molecule has 3 rings (SSSR count). The van der Waals surface area contributed by atoms with Crippen molar-refractivity contribution in [2.45, 2.75) is 20.8 Å². The Morgan fingerprint density at radius 3 is 2.14 bits per heavy atom.